The first-order chi connectivity index (χ1) is 13.6. The lowest BCUT2D eigenvalue weighted by Crippen LogP contribution is -2.44. The number of amides is 4. The molecule has 1 fully saturated rings. The maximum Gasteiger partial charge on any atom is 0.327 e. The molecule has 2 atom stereocenters. The smallest absolute Gasteiger partial charge is 0.327 e. The highest BCUT2D eigenvalue weighted by atomic mass is 19.2. The number of benzene rings is 1. The molecule has 0 radical (unpaired) electrons. The van der Waals surface area contributed by atoms with Gasteiger partial charge in [-0.3, -0.25) is 19.3 Å². The molecule has 158 valence electrons. The molecule has 0 bridgehead atoms. The zero-order valence-electron chi connectivity index (χ0n) is 16.4. The number of halogens is 2. The van der Waals surface area contributed by atoms with Crippen LogP contribution in [-0.4, -0.2) is 46.9 Å². The Morgan fingerprint density at radius 3 is 2.59 bits per heavy atom. The van der Waals surface area contributed by atoms with Gasteiger partial charge in [0, 0.05) is 11.8 Å². The molecule has 2 N–H and O–H groups in total. The minimum Gasteiger partial charge on any atom is -0.451 e. The molecule has 0 saturated carbocycles. The topological polar surface area (TPSA) is 105 Å². The molecule has 4 amide bonds. The van der Waals surface area contributed by atoms with Gasteiger partial charge in [0.15, 0.2) is 17.7 Å². The van der Waals surface area contributed by atoms with E-state index in [1.54, 1.807) is 6.92 Å². The second kappa shape index (κ2) is 8.97. The number of unbranched alkanes of at least 4 members (excludes halogenated alkanes) is 1. The summed E-state index contributed by atoms with van der Waals surface area (Å²) in [6.07, 6.45) is 0.711. The Kier molecular flexibility index (Phi) is 6.89. The molecule has 0 spiro atoms. The van der Waals surface area contributed by atoms with Crippen LogP contribution in [0.1, 0.15) is 40.0 Å². The molecule has 0 unspecified atom stereocenters. The molecule has 1 saturated heterocycles. The third-order valence-electron chi connectivity index (χ3n) is 4.53. The molecule has 1 aliphatic heterocycles. The first-order valence-corrected chi connectivity index (χ1v) is 9.17. The summed E-state index contributed by atoms with van der Waals surface area (Å²) in [7, 11) is 0. The molecule has 1 heterocycles. The highest BCUT2D eigenvalue weighted by Gasteiger charge is 2.48. The second-order valence-electron chi connectivity index (χ2n) is 7.01. The molecule has 1 aliphatic rings. The molecule has 0 aliphatic carbocycles. The SMILES string of the molecule is CCCC[C@@]1(C)NC(=O)N(CC(=O)O[C@H](C)C(=O)Nc2ccc(F)c(F)c2)C1=O. The molecule has 2 rings (SSSR count). The number of nitrogens with zero attached hydrogens (tertiary/aromatic N) is 1. The van der Waals surface area contributed by atoms with Crippen LogP contribution in [0.25, 0.3) is 0 Å². The van der Waals surface area contributed by atoms with E-state index >= 15 is 0 Å². The molecule has 29 heavy (non-hydrogen) atoms. The molecule has 0 aromatic heterocycles. The van der Waals surface area contributed by atoms with Crippen LogP contribution in [0.4, 0.5) is 19.3 Å². The first kappa shape index (κ1) is 22.3. The third kappa shape index (κ3) is 5.27. The zero-order valence-corrected chi connectivity index (χ0v) is 16.4. The van der Waals surface area contributed by atoms with Gasteiger partial charge >= 0.3 is 12.0 Å². The fraction of sp³-hybridized carbons (Fsp3) is 0.474. The fourth-order valence-electron chi connectivity index (χ4n) is 2.83. The molecular weight excluding hydrogens is 388 g/mol. The van der Waals surface area contributed by atoms with Gasteiger partial charge in [-0.1, -0.05) is 19.8 Å². The average Bonchev–Trinajstić information content (AvgIpc) is 2.86. The average molecular weight is 411 g/mol. The lowest BCUT2D eigenvalue weighted by Gasteiger charge is -2.21. The summed E-state index contributed by atoms with van der Waals surface area (Å²) in [4.78, 5) is 49.5. The van der Waals surface area contributed by atoms with Crippen molar-refractivity contribution >= 4 is 29.5 Å². The minimum atomic E-state index is -1.29. The Bertz CT molecular complexity index is 832. The Balaban J connectivity index is 1.92. The van der Waals surface area contributed by atoms with Crippen molar-refractivity contribution in [2.45, 2.75) is 51.7 Å². The molecule has 1 aromatic rings. The van der Waals surface area contributed by atoms with Gasteiger partial charge in [-0.15, -0.1) is 0 Å². The van der Waals surface area contributed by atoms with Gasteiger partial charge < -0.3 is 15.4 Å². The van der Waals surface area contributed by atoms with E-state index < -0.39 is 53.6 Å². The van der Waals surface area contributed by atoms with Crippen molar-refractivity contribution in [1.29, 1.82) is 0 Å². The molecule has 8 nitrogen and oxygen atoms in total. The summed E-state index contributed by atoms with van der Waals surface area (Å²) in [5, 5.41) is 4.85. The van der Waals surface area contributed by atoms with Crippen LogP contribution in [-0.2, 0) is 19.1 Å². The van der Waals surface area contributed by atoms with Crippen molar-refractivity contribution in [3.05, 3.63) is 29.8 Å². The van der Waals surface area contributed by atoms with E-state index in [0.29, 0.717) is 6.42 Å². The lowest BCUT2D eigenvalue weighted by atomic mass is 9.95. The van der Waals surface area contributed by atoms with E-state index in [-0.39, 0.29) is 5.69 Å². The van der Waals surface area contributed by atoms with Gasteiger partial charge in [0.2, 0.25) is 0 Å². The van der Waals surface area contributed by atoms with E-state index in [2.05, 4.69) is 10.6 Å². The number of urea groups is 1. The summed E-state index contributed by atoms with van der Waals surface area (Å²) in [6.45, 7) is 4.16. The number of ether oxygens (including phenoxy) is 1. The zero-order chi connectivity index (χ0) is 21.8. The van der Waals surface area contributed by atoms with Crippen molar-refractivity contribution in [3.8, 4) is 0 Å². The number of carbonyl (C=O) groups is 4. The van der Waals surface area contributed by atoms with Crippen LogP contribution < -0.4 is 10.6 Å². The van der Waals surface area contributed by atoms with Gasteiger partial charge in [-0.05, 0) is 32.4 Å². The Morgan fingerprint density at radius 1 is 1.28 bits per heavy atom. The number of nitrogens with one attached hydrogen (secondary N) is 2. The van der Waals surface area contributed by atoms with Crippen molar-refractivity contribution in [2.75, 3.05) is 11.9 Å². The summed E-state index contributed by atoms with van der Waals surface area (Å²) < 4.78 is 31.1. The maximum absolute atomic E-state index is 13.2. The number of rotatable bonds is 8. The number of hydrogen-bond donors (Lipinski definition) is 2. The maximum atomic E-state index is 13.2. The second-order valence-corrected chi connectivity index (χ2v) is 7.01. The Morgan fingerprint density at radius 2 is 1.97 bits per heavy atom. The molecular formula is C19H23F2N3O5. The standard InChI is InChI=1S/C19H23F2N3O5/c1-4-5-8-19(3)17(27)24(18(28)23-19)10-15(25)29-11(2)16(26)22-12-6-7-13(20)14(21)9-12/h6-7,9,11H,4-5,8,10H2,1-3H3,(H,22,26)(H,23,28)/t11-,19-/m1/s1. The van der Waals surface area contributed by atoms with Crippen molar-refractivity contribution in [1.82, 2.24) is 10.2 Å². The van der Waals surface area contributed by atoms with Crippen LogP contribution in [0.5, 0.6) is 0 Å². The van der Waals surface area contributed by atoms with Crippen LogP contribution in [0.15, 0.2) is 18.2 Å². The first-order valence-electron chi connectivity index (χ1n) is 9.17. The molecule has 10 heteroatoms. The highest BCUT2D eigenvalue weighted by molar-refractivity contribution is 6.08. The van der Waals surface area contributed by atoms with E-state index in [1.165, 1.54) is 6.92 Å². The summed E-state index contributed by atoms with van der Waals surface area (Å²) in [5.41, 5.74) is -1.10. The van der Waals surface area contributed by atoms with Crippen LogP contribution in [0.3, 0.4) is 0 Å². The van der Waals surface area contributed by atoms with Gasteiger partial charge in [-0.2, -0.15) is 0 Å². The fourth-order valence-corrected chi connectivity index (χ4v) is 2.83. The number of carbonyl (C=O) groups excluding carboxylic acids is 4. The Labute approximate surface area is 166 Å². The van der Waals surface area contributed by atoms with Crippen LogP contribution in [0, 0.1) is 11.6 Å². The summed E-state index contributed by atoms with van der Waals surface area (Å²) >= 11 is 0. The van der Waals surface area contributed by atoms with Crippen molar-refractivity contribution in [2.24, 2.45) is 0 Å². The third-order valence-corrected chi connectivity index (χ3v) is 4.53. The monoisotopic (exact) mass is 411 g/mol. The quantitative estimate of drug-likeness (QED) is 0.505. The Hall–Kier alpha value is -3.04. The predicted octanol–water partition coefficient (Wildman–Crippen LogP) is 2.34. The highest BCUT2D eigenvalue weighted by Crippen LogP contribution is 2.23. The van der Waals surface area contributed by atoms with E-state index in [0.717, 1.165) is 35.9 Å². The normalized spacial score (nSPS) is 19.7. The largest absolute Gasteiger partial charge is 0.451 e. The number of esters is 1. The number of anilines is 1. The number of imide groups is 1. The summed E-state index contributed by atoms with van der Waals surface area (Å²) in [6, 6.07) is 2.07. The van der Waals surface area contributed by atoms with Gasteiger partial charge in [-0.25, -0.2) is 13.6 Å². The van der Waals surface area contributed by atoms with Crippen LogP contribution >= 0.6 is 0 Å². The number of hydrogen-bond acceptors (Lipinski definition) is 5. The lowest BCUT2D eigenvalue weighted by molar-refractivity contribution is -0.155. The molecule has 1 aromatic carbocycles. The summed E-state index contributed by atoms with van der Waals surface area (Å²) in [5.74, 6) is -4.48. The van der Waals surface area contributed by atoms with Gasteiger partial charge in [0.25, 0.3) is 11.8 Å². The van der Waals surface area contributed by atoms with E-state index in [4.69, 9.17) is 4.74 Å². The minimum absolute atomic E-state index is 0.0161. The van der Waals surface area contributed by atoms with Crippen molar-refractivity contribution in [3.63, 3.8) is 0 Å². The van der Waals surface area contributed by atoms with Crippen LogP contribution in [0.2, 0.25) is 0 Å². The predicted molar refractivity (Wildman–Crippen MR) is 98.7 cm³/mol. The van der Waals surface area contributed by atoms with Gasteiger partial charge in [0.1, 0.15) is 12.1 Å². The van der Waals surface area contributed by atoms with E-state index in [1.807, 2.05) is 6.92 Å². The van der Waals surface area contributed by atoms with Crippen molar-refractivity contribution < 1.29 is 32.7 Å². The van der Waals surface area contributed by atoms with E-state index in [9.17, 15) is 28.0 Å². The van der Waals surface area contributed by atoms with Gasteiger partial charge in [0.05, 0.1) is 0 Å².